The highest BCUT2D eigenvalue weighted by Crippen LogP contribution is 2.20. The molecule has 166 valence electrons. The number of piperazine rings is 1. The number of sulfonamides is 1. The van der Waals surface area contributed by atoms with Crippen LogP contribution in [-0.4, -0.2) is 65.7 Å². The number of nitro groups is 1. The lowest BCUT2D eigenvalue weighted by Crippen LogP contribution is -2.48. The van der Waals surface area contributed by atoms with Gasteiger partial charge in [-0.2, -0.15) is 4.31 Å². The van der Waals surface area contributed by atoms with Crippen molar-refractivity contribution in [2.24, 2.45) is 0 Å². The second kappa shape index (κ2) is 9.37. The molecule has 2 aromatic rings. The van der Waals surface area contributed by atoms with Gasteiger partial charge in [0.2, 0.25) is 15.9 Å². The molecule has 1 fully saturated rings. The third-order valence-electron chi connectivity index (χ3n) is 5.05. The molecule has 12 heteroatoms. The summed E-state index contributed by atoms with van der Waals surface area (Å²) in [6, 6.07) is 7.84. The van der Waals surface area contributed by atoms with Crippen LogP contribution in [0.5, 0.6) is 0 Å². The Hall–Kier alpha value is -3.09. The Bertz CT molecular complexity index is 1120. The molecule has 1 N–H and O–H groups in total. The zero-order valence-corrected chi connectivity index (χ0v) is 17.7. The van der Waals surface area contributed by atoms with Crippen LogP contribution < -0.4 is 10.9 Å². The topological polar surface area (TPSA) is 135 Å². The molecule has 2 heterocycles. The fourth-order valence-electron chi connectivity index (χ4n) is 3.25. The number of hydrogen-bond donors (Lipinski definition) is 1. The number of nitrogens with one attached hydrogen (secondary N) is 1. The molecule has 1 aliphatic rings. The van der Waals surface area contributed by atoms with Crippen molar-refractivity contribution in [3.63, 3.8) is 0 Å². The Kier molecular flexibility index (Phi) is 6.83. The lowest BCUT2D eigenvalue weighted by Gasteiger charge is -2.33. The van der Waals surface area contributed by atoms with E-state index in [1.807, 2.05) is 6.92 Å². The number of nitrogens with zero attached hydrogens (tertiary/aromatic N) is 4. The van der Waals surface area contributed by atoms with Crippen molar-refractivity contribution in [3.8, 4) is 0 Å². The average Bonchev–Trinajstić information content (AvgIpc) is 2.75. The molecule has 0 atom stereocenters. The third-order valence-corrected chi connectivity index (χ3v) is 6.96. The summed E-state index contributed by atoms with van der Waals surface area (Å²) >= 11 is 0. The summed E-state index contributed by atoms with van der Waals surface area (Å²) in [7, 11) is -3.62. The number of carbonyl (C=O) groups is 1. The van der Waals surface area contributed by atoms with Crippen LogP contribution in [0.25, 0.3) is 0 Å². The van der Waals surface area contributed by atoms with Crippen molar-refractivity contribution >= 4 is 27.3 Å². The summed E-state index contributed by atoms with van der Waals surface area (Å²) in [5, 5.41) is 13.4. The summed E-state index contributed by atoms with van der Waals surface area (Å²) in [6.45, 7) is 4.71. The summed E-state index contributed by atoms with van der Waals surface area (Å²) in [5.41, 5.74) is -0.509. The maximum absolute atomic E-state index is 12.8. The Balaban J connectivity index is 1.65. The summed E-state index contributed by atoms with van der Waals surface area (Å²) < 4.78 is 28.0. The minimum absolute atomic E-state index is 0.130. The van der Waals surface area contributed by atoms with Gasteiger partial charge in [-0.25, -0.2) is 8.42 Å². The number of aromatic nitrogens is 1. The van der Waals surface area contributed by atoms with E-state index in [1.54, 1.807) is 0 Å². The van der Waals surface area contributed by atoms with Crippen LogP contribution >= 0.6 is 0 Å². The number of hydrogen-bond acceptors (Lipinski definition) is 7. The molecule has 0 aliphatic carbocycles. The van der Waals surface area contributed by atoms with E-state index in [4.69, 9.17) is 0 Å². The van der Waals surface area contributed by atoms with Crippen LogP contribution in [0.1, 0.15) is 6.92 Å². The van der Waals surface area contributed by atoms with Crippen molar-refractivity contribution in [2.75, 3.05) is 38.0 Å². The molecule has 1 aromatic heterocycles. The average molecular weight is 449 g/mol. The molecule has 0 unspecified atom stereocenters. The van der Waals surface area contributed by atoms with Gasteiger partial charge in [-0.1, -0.05) is 6.92 Å². The highest BCUT2D eigenvalue weighted by molar-refractivity contribution is 7.89. The zero-order valence-electron chi connectivity index (χ0n) is 16.9. The highest BCUT2D eigenvalue weighted by atomic mass is 32.2. The van der Waals surface area contributed by atoms with E-state index in [0.717, 1.165) is 29.4 Å². The molecule has 11 nitrogen and oxygen atoms in total. The van der Waals surface area contributed by atoms with Crippen LogP contribution in [-0.2, 0) is 21.4 Å². The number of rotatable bonds is 7. The fourth-order valence-corrected chi connectivity index (χ4v) is 4.67. The molecule has 0 radical (unpaired) electrons. The van der Waals surface area contributed by atoms with Gasteiger partial charge >= 0.3 is 0 Å². The number of carbonyl (C=O) groups excluding carboxylic acids is 1. The SMILES string of the molecule is CCN1CCN(S(=O)(=O)c2ccc(NC(=O)Cn3cc([N+](=O)[O-])ccc3=O)cc2)CC1. The van der Waals surface area contributed by atoms with Crippen LogP contribution in [0.3, 0.4) is 0 Å². The van der Waals surface area contributed by atoms with E-state index in [1.165, 1.54) is 28.6 Å². The number of benzene rings is 1. The van der Waals surface area contributed by atoms with Gasteiger partial charge in [0.1, 0.15) is 6.54 Å². The van der Waals surface area contributed by atoms with Gasteiger partial charge in [0.05, 0.1) is 16.0 Å². The number of anilines is 1. The Labute approximate surface area is 179 Å². The molecule has 0 saturated carbocycles. The first-order valence-corrected chi connectivity index (χ1v) is 11.1. The maximum atomic E-state index is 12.8. The fraction of sp³-hybridized carbons (Fsp3) is 0.368. The molecule has 0 bridgehead atoms. The number of amides is 1. The number of likely N-dealkylation sites (N-methyl/N-ethyl adjacent to an activating group) is 1. The Morgan fingerprint density at radius 2 is 1.74 bits per heavy atom. The van der Waals surface area contributed by atoms with Crippen LogP contribution in [0.15, 0.2) is 52.3 Å². The minimum atomic E-state index is -3.62. The Morgan fingerprint density at radius 1 is 1.10 bits per heavy atom. The van der Waals surface area contributed by atoms with E-state index in [2.05, 4.69) is 10.2 Å². The van der Waals surface area contributed by atoms with Gasteiger partial charge in [0.15, 0.2) is 0 Å². The van der Waals surface area contributed by atoms with Gasteiger partial charge in [-0.15, -0.1) is 0 Å². The summed E-state index contributed by atoms with van der Waals surface area (Å²) in [4.78, 5) is 36.5. The first kappa shape index (κ1) is 22.6. The lowest BCUT2D eigenvalue weighted by molar-refractivity contribution is -0.385. The summed E-state index contributed by atoms with van der Waals surface area (Å²) in [5.74, 6) is -0.575. The minimum Gasteiger partial charge on any atom is -0.325 e. The molecule has 3 rings (SSSR count). The number of pyridine rings is 1. The normalized spacial score (nSPS) is 15.5. The smallest absolute Gasteiger partial charge is 0.285 e. The molecule has 1 aromatic carbocycles. The standard InChI is InChI=1S/C19H23N5O6S/c1-2-21-9-11-23(12-10-21)31(29,30)17-6-3-15(4-7-17)20-18(25)14-22-13-16(24(27)28)5-8-19(22)26/h3-8,13H,2,9-12,14H2,1H3,(H,20,25). The van der Waals surface area contributed by atoms with Crippen molar-refractivity contribution in [2.45, 2.75) is 18.4 Å². The molecule has 0 spiro atoms. The molecular formula is C19H23N5O6S. The van der Waals surface area contributed by atoms with E-state index in [0.29, 0.717) is 31.9 Å². The first-order valence-electron chi connectivity index (χ1n) is 9.68. The van der Waals surface area contributed by atoms with Gasteiger partial charge in [-0.3, -0.25) is 24.3 Å². The van der Waals surface area contributed by atoms with Gasteiger partial charge < -0.3 is 10.2 Å². The van der Waals surface area contributed by atoms with E-state index in [9.17, 15) is 28.1 Å². The monoisotopic (exact) mass is 449 g/mol. The first-order chi connectivity index (χ1) is 14.7. The highest BCUT2D eigenvalue weighted by Gasteiger charge is 2.27. The lowest BCUT2D eigenvalue weighted by atomic mass is 10.3. The van der Waals surface area contributed by atoms with E-state index < -0.39 is 33.0 Å². The second-order valence-electron chi connectivity index (χ2n) is 7.02. The van der Waals surface area contributed by atoms with Crippen LogP contribution in [0.4, 0.5) is 11.4 Å². The molecule has 1 aliphatic heterocycles. The van der Waals surface area contributed by atoms with Gasteiger partial charge in [-0.05, 0) is 30.8 Å². The predicted molar refractivity (Wildman–Crippen MR) is 113 cm³/mol. The third kappa shape index (κ3) is 5.34. The molecule has 1 amide bonds. The zero-order chi connectivity index (χ0) is 22.6. The van der Waals surface area contributed by atoms with Crippen molar-refractivity contribution in [3.05, 3.63) is 63.1 Å². The maximum Gasteiger partial charge on any atom is 0.285 e. The second-order valence-corrected chi connectivity index (χ2v) is 8.96. The molecule has 1 saturated heterocycles. The van der Waals surface area contributed by atoms with Crippen molar-refractivity contribution in [1.29, 1.82) is 0 Å². The van der Waals surface area contributed by atoms with E-state index in [-0.39, 0.29) is 10.6 Å². The van der Waals surface area contributed by atoms with Gasteiger partial charge in [0.25, 0.3) is 11.2 Å². The van der Waals surface area contributed by atoms with Crippen LogP contribution in [0.2, 0.25) is 0 Å². The quantitative estimate of drug-likeness (QED) is 0.486. The summed E-state index contributed by atoms with van der Waals surface area (Å²) in [6.07, 6.45) is 0.996. The van der Waals surface area contributed by atoms with Crippen molar-refractivity contribution in [1.82, 2.24) is 13.8 Å². The van der Waals surface area contributed by atoms with Gasteiger partial charge in [0, 0.05) is 44.0 Å². The Morgan fingerprint density at radius 3 is 2.32 bits per heavy atom. The predicted octanol–water partition coefficient (Wildman–Crippen LogP) is 0.721. The van der Waals surface area contributed by atoms with E-state index >= 15 is 0 Å². The molecular weight excluding hydrogens is 426 g/mol. The van der Waals surface area contributed by atoms with Crippen molar-refractivity contribution < 1.29 is 18.1 Å². The molecule has 31 heavy (non-hydrogen) atoms. The largest absolute Gasteiger partial charge is 0.325 e. The van der Waals surface area contributed by atoms with Crippen LogP contribution in [0, 0.1) is 10.1 Å².